The zero-order valence-corrected chi connectivity index (χ0v) is 9.50. The average Bonchev–Trinajstić information content (AvgIpc) is 2.61. The second-order valence-electron chi connectivity index (χ2n) is 3.56. The minimum absolute atomic E-state index is 0.0791. The van der Waals surface area contributed by atoms with Crippen molar-refractivity contribution in [3.05, 3.63) is 23.4 Å². The number of hydrogen-bond acceptors (Lipinski definition) is 2. The third kappa shape index (κ3) is 2.24. The quantitative estimate of drug-likeness (QED) is 0.749. The fourth-order valence-electron chi connectivity index (χ4n) is 1.63. The van der Waals surface area contributed by atoms with E-state index in [0.717, 1.165) is 0 Å². The number of carbonyl (C=O) groups excluding carboxylic acids is 1. The fraction of sp³-hybridized carbons (Fsp3) is 0.400. The van der Waals surface area contributed by atoms with Crippen LogP contribution in [-0.4, -0.2) is 23.3 Å². The molecule has 0 bridgehead atoms. The molecule has 1 aliphatic heterocycles. The number of pyridine rings is 1. The van der Waals surface area contributed by atoms with Crippen LogP contribution in [0.2, 0.25) is 5.02 Å². The molecule has 0 saturated carbocycles. The van der Waals surface area contributed by atoms with Crippen LogP contribution in [0.25, 0.3) is 0 Å². The number of hydrogen-bond donors (Lipinski definition) is 0. The fourth-order valence-corrected chi connectivity index (χ4v) is 1.95. The Morgan fingerprint density at radius 2 is 2.33 bits per heavy atom. The van der Waals surface area contributed by atoms with Gasteiger partial charge in [-0.3, -0.25) is 9.69 Å². The van der Waals surface area contributed by atoms with Crippen LogP contribution in [0.15, 0.2) is 18.3 Å². The van der Waals surface area contributed by atoms with E-state index in [1.165, 1.54) is 6.20 Å². The maximum Gasteiger partial charge on any atom is 0.228 e. The molecule has 0 aliphatic carbocycles. The molecule has 0 N–H and O–H groups in total. The van der Waals surface area contributed by atoms with Gasteiger partial charge in [-0.15, -0.1) is 11.6 Å². The van der Waals surface area contributed by atoms with E-state index in [-0.39, 0.29) is 11.8 Å². The average molecular weight is 245 g/mol. The minimum Gasteiger partial charge on any atom is -0.296 e. The Bertz CT molecular complexity index is 366. The predicted molar refractivity (Wildman–Crippen MR) is 60.4 cm³/mol. The Kier molecular flexibility index (Phi) is 3.12. The van der Waals surface area contributed by atoms with Gasteiger partial charge in [0, 0.05) is 25.0 Å². The van der Waals surface area contributed by atoms with Crippen LogP contribution in [0, 0.1) is 5.92 Å². The Hall–Kier alpha value is -0.800. The molecule has 0 spiro atoms. The normalized spacial score (nSPS) is 21.1. The highest BCUT2D eigenvalue weighted by Crippen LogP contribution is 2.24. The molecule has 1 aromatic heterocycles. The number of nitrogens with zero attached hydrogens (tertiary/aromatic N) is 2. The number of carbonyl (C=O) groups is 1. The summed E-state index contributed by atoms with van der Waals surface area (Å²) in [7, 11) is 0. The van der Waals surface area contributed by atoms with Crippen LogP contribution < -0.4 is 4.90 Å². The largest absolute Gasteiger partial charge is 0.296 e. The summed E-state index contributed by atoms with van der Waals surface area (Å²) < 4.78 is 0. The Morgan fingerprint density at radius 3 is 2.87 bits per heavy atom. The minimum atomic E-state index is 0.0791. The molecule has 1 unspecified atom stereocenters. The molecule has 1 aliphatic rings. The van der Waals surface area contributed by atoms with E-state index in [0.29, 0.717) is 29.7 Å². The van der Waals surface area contributed by atoms with E-state index in [4.69, 9.17) is 23.2 Å². The maximum absolute atomic E-state index is 11.6. The van der Waals surface area contributed by atoms with Crippen LogP contribution in [-0.2, 0) is 4.79 Å². The summed E-state index contributed by atoms with van der Waals surface area (Å²) in [5.74, 6) is 1.47. The van der Waals surface area contributed by atoms with Gasteiger partial charge in [0.25, 0.3) is 0 Å². The Labute approximate surface area is 98.0 Å². The summed E-state index contributed by atoms with van der Waals surface area (Å²) in [5.41, 5.74) is 0. The molecule has 1 saturated heterocycles. The van der Waals surface area contributed by atoms with Gasteiger partial charge in [0.15, 0.2) is 0 Å². The van der Waals surface area contributed by atoms with Gasteiger partial charge < -0.3 is 0 Å². The van der Waals surface area contributed by atoms with Gasteiger partial charge in [0.05, 0.1) is 5.02 Å². The first-order valence-corrected chi connectivity index (χ1v) is 5.60. The molecule has 1 atom stereocenters. The van der Waals surface area contributed by atoms with E-state index in [9.17, 15) is 4.79 Å². The van der Waals surface area contributed by atoms with Crippen molar-refractivity contribution in [2.24, 2.45) is 5.92 Å². The molecule has 2 heterocycles. The lowest BCUT2D eigenvalue weighted by atomic mass is 10.1. The van der Waals surface area contributed by atoms with Crippen LogP contribution in [0.1, 0.15) is 6.42 Å². The van der Waals surface area contributed by atoms with E-state index in [2.05, 4.69) is 4.98 Å². The molecule has 5 heteroatoms. The number of aromatic nitrogens is 1. The van der Waals surface area contributed by atoms with Crippen LogP contribution in [0.3, 0.4) is 0 Å². The molecular formula is C10H10Cl2N2O. The second kappa shape index (κ2) is 4.37. The van der Waals surface area contributed by atoms with Gasteiger partial charge in [-0.1, -0.05) is 11.6 Å². The zero-order valence-electron chi connectivity index (χ0n) is 7.99. The van der Waals surface area contributed by atoms with Gasteiger partial charge in [-0.25, -0.2) is 4.98 Å². The lowest BCUT2D eigenvalue weighted by molar-refractivity contribution is -0.117. The highest BCUT2D eigenvalue weighted by molar-refractivity contribution is 6.30. The second-order valence-corrected chi connectivity index (χ2v) is 4.31. The molecule has 80 valence electrons. The van der Waals surface area contributed by atoms with Crippen molar-refractivity contribution in [2.45, 2.75) is 6.42 Å². The number of alkyl halides is 1. The highest BCUT2D eigenvalue weighted by Gasteiger charge is 2.30. The van der Waals surface area contributed by atoms with Gasteiger partial charge >= 0.3 is 0 Å². The summed E-state index contributed by atoms with van der Waals surface area (Å²) in [6.45, 7) is 0.650. The molecule has 0 aromatic carbocycles. The first-order chi connectivity index (χ1) is 7.20. The summed E-state index contributed by atoms with van der Waals surface area (Å²) in [6.07, 6.45) is 2.05. The first-order valence-electron chi connectivity index (χ1n) is 4.68. The molecule has 1 fully saturated rings. The molecule has 15 heavy (non-hydrogen) atoms. The zero-order chi connectivity index (χ0) is 10.8. The SMILES string of the molecule is O=C1CC(CCl)CN1c1ccc(Cl)cn1. The van der Waals surface area contributed by atoms with Gasteiger partial charge in [0.1, 0.15) is 5.82 Å². The van der Waals surface area contributed by atoms with Crippen LogP contribution in [0.4, 0.5) is 5.82 Å². The van der Waals surface area contributed by atoms with E-state index in [1.807, 2.05) is 0 Å². The number of halogens is 2. The first kappa shape index (κ1) is 10.7. The van der Waals surface area contributed by atoms with Gasteiger partial charge in [-0.2, -0.15) is 0 Å². The number of rotatable bonds is 2. The maximum atomic E-state index is 11.6. The van der Waals surface area contributed by atoms with E-state index >= 15 is 0 Å². The summed E-state index contributed by atoms with van der Waals surface area (Å²) in [4.78, 5) is 17.4. The summed E-state index contributed by atoms with van der Waals surface area (Å²) in [6, 6.07) is 3.47. The Balaban J connectivity index is 2.18. The lowest BCUT2D eigenvalue weighted by Crippen LogP contribution is -2.25. The molecule has 3 nitrogen and oxygen atoms in total. The monoisotopic (exact) mass is 244 g/mol. The van der Waals surface area contributed by atoms with Crippen molar-refractivity contribution in [1.82, 2.24) is 4.98 Å². The van der Waals surface area contributed by atoms with Gasteiger partial charge in [0.2, 0.25) is 5.91 Å². The van der Waals surface area contributed by atoms with E-state index < -0.39 is 0 Å². The van der Waals surface area contributed by atoms with Gasteiger partial charge in [-0.05, 0) is 18.1 Å². The lowest BCUT2D eigenvalue weighted by Gasteiger charge is -2.14. The van der Waals surface area contributed by atoms with Crippen molar-refractivity contribution in [1.29, 1.82) is 0 Å². The van der Waals surface area contributed by atoms with E-state index in [1.54, 1.807) is 17.0 Å². The molecule has 1 amide bonds. The van der Waals surface area contributed by atoms with Crippen LogP contribution >= 0.6 is 23.2 Å². The smallest absolute Gasteiger partial charge is 0.228 e. The van der Waals surface area contributed by atoms with Crippen molar-refractivity contribution in [3.63, 3.8) is 0 Å². The van der Waals surface area contributed by atoms with Crippen molar-refractivity contribution in [3.8, 4) is 0 Å². The third-order valence-corrected chi connectivity index (χ3v) is 3.07. The standard InChI is InChI=1S/C10H10Cl2N2O/c11-4-7-3-10(15)14(6-7)9-2-1-8(12)5-13-9/h1-2,5,7H,3-4,6H2. The summed E-state index contributed by atoms with van der Waals surface area (Å²) >= 11 is 11.5. The van der Waals surface area contributed by atoms with Crippen molar-refractivity contribution < 1.29 is 4.79 Å². The topological polar surface area (TPSA) is 33.2 Å². The molecule has 0 radical (unpaired) electrons. The van der Waals surface area contributed by atoms with Crippen molar-refractivity contribution in [2.75, 3.05) is 17.3 Å². The molecular weight excluding hydrogens is 235 g/mol. The molecule has 2 rings (SSSR count). The Morgan fingerprint density at radius 1 is 1.53 bits per heavy atom. The predicted octanol–water partition coefficient (Wildman–Crippen LogP) is 2.33. The van der Waals surface area contributed by atoms with Crippen LogP contribution in [0.5, 0.6) is 0 Å². The van der Waals surface area contributed by atoms with Crippen molar-refractivity contribution >= 4 is 34.9 Å². The number of anilines is 1. The summed E-state index contributed by atoms with van der Waals surface area (Å²) in [5, 5.41) is 0.569. The number of amides is 1. The highest BCUT2D eigenvalue weighted by atomic mass is 35.5. The third-order valence-electron chi connectivity index (χ3n) is 2.41. The molecule has 1 aromatic rings.